The van der Waals surface area contributed by atoms with Crippen molar-refractivity contribution in [1.82, 2.24) is 4.72 Å². The van der Waals surface area contributed by atoms with E-state index in [2.05, 4.69) is 4.72 Å². The van der Waals surface area contributed by atoms with Crippen molar-refractivity contribution < 1.29 is 12.8 Å². The molecule has 0 atom stereocenters. The molecule has 0 aromatic heterocycles. The first kappa shape index (κ1) is 18.4. The summed E-state index contributed by atoms with van der Waals surface area (Å²) in [5.74, 6) is -0.520. The lowest BCUT2D eigenvalue weighted by atomic mass is 9.83. The van der Waals surface area contributed by atoms with Crippen LogP contribution >= 0.6 is 12.4 Å². The molecule has 1 saturated carbocycles. The number of nitrogens with two attached hydrogens (primary N) is 1. The summed E-state index contributed by atoms with van der Waals surface area (Å²) in [6.07, 6.45) is 4.83. The number of hydrogen-bond donors (Lipinski definition) is 2. The molecule has 1 aromatic rings. The molecule has 7 heteroatoms. The van der Waals surface area contributed by atoms with Gasteiger partial charge in [-0.25, -0.2) is 17.5 Å². The average Bonchev–Trinajstić information content (AvgIpc) is 2.41. The first-order valence-electron chi connectivity index (χ1n) is 6.87. The van der Waals surface area contributed by atoms with Crippen LogP contribution in [0.3, 0.4) is 0 Å². The predicted octanol–water partition coefficient (Wildman–Crippen LogP) is 2.50. The number of benzene rings is 1. The Kier molecular flexibility index (Phi) is 6.16. The number of aryl methyl sites for hydroxylation is 1. The number of hydrogen-bond acceptors (Lipinski definition) is 3. The summed E-state index contributed by atoms with van der Waals surface area (Å²) in [6, 6.07) is 3.91. The second-order valence-corrected chi connectivity index (χ2v) is 7.43. The van der Waals surface area contributed by atoms with Crippen LogP contribution in [-0.2, 0) is 10.0 Å². The summed E-state index contributed by atoms with van der Waals surface area (Å²) in [7, 11) is -3.71. The van der Waals surface area contributed by atoms with Crippen molar-refractivity contribution in [2.24, 2.45) is 5.73 Å². The lowest BCUT2D eigenvalue weighted by Crippen LogP contribution is -2.51. The minimum absolute atomic E-state index is 0. The fourth-order valence-electron chi connectivity index (χ4n) is 2.50. The molecule has 0 spiro atoms. The third kappa shape index (κ3) is 4.64. The molecule has 1 aromatic carbocycles. The van der Waals surface area contributed by atoms with E-state index in [1.54, 1.807) is 6.92 Å². The zero-order valence-electron chi connectivity index (χ0n) is 12.1. The van der Waals surface area contributed by atoms with Gasteiger partial charge in [-0.15, -0.1) is 12.4 Å². The van der Waals surface area contributed by atoms with Crippen molar-refractivity contribution in [3.05, 3.63) is 29.6 Å². The normalized spacial score (nSPS) is 18.0. The van der Waals surface area contributed by atoms with E-state index in [0.29, 0.717) is 5.56 Å². The Labute approximate surface area is 131 Å². The van der Waals surface area contributed by atoms with Crippen molar-refractivity contribution in [1.29, 1.82) is 0 Å². The second kappa shape index (κ2) is 7.05. The van der Waals surface area contributed by atoms with Gasteiger partial charge in [0, 0.05) is 12.1 Å². The fraction of sp³-hybridized carbons (Fsp3) is 0.571. The van der Waals surface area contributed by atoms with Crippen LogP contribution in [0.2, 0.25) is 0 Å². The van der Waals surface area contributed by atoms with E-state index >= 15 is 0 Å². The summed E-state index contributed by atoms with van der Waals surface area (Å²) >= 11 is 0. The van der Waals surface area contributed by atoms with Crippen LogP contribution < -0.4 is 10.5 Å². The maximum Gasteiger partial charge on any atom is 0.240 e. The Hall–Kier alpha value is -0.690. The van der Waals surface area contributed by atoms with Crippen molar-refractivity contribution in [3.63, 3.8) is 0 Å². The van der Waals surface area contributed by atoms with E-state index in [4.69, 9.17) is 5.73 Å². The Morgan fingerprint density at radius 2 is 1.90 bits per heavy atom. The van der Waals surface area contributed by atoms with Crippen LogP contribution in [0.5, 0.6) is 0 Å². The largest absolute Gasteiger partial charge is 0.324 e. The molecule has 0 radical (unpaired) electrons. The van der Waals surface area contributed by atoms with Crippen LogP contribution in [0.4, 0.5) is 4.39 Å². The minimum atomic E-state index is -3.71. The van der Waals surface area contributed by atoms with E-state index in [-0.39, 0.29) is 23.8 Å². The molecular formula is C14H22ClFN2O2S. The van der Waals surface area contributed by atoms with Crippen molar-refractivity contribution in [3.8, 4) is 0 Å². The molecule has 0 bridgehead atoms. The zero-order chi connectivity index (χ0) is 14.8. The summed E-state index contributed by atoms with van der Waals surface area (Å²) in [5, 5.41) is 0. The first-order valence-corrected chi connectivity index (χ1v) is 8.35. The highest BCUT2D eigenvalue weighted by atomic mass is 35.5. The maximum absolute atomic E-state index is 13.5. The van der Waals surface area contributed by atoms with Gasteiger partial charge < -0.3 is 5.73 Å². The topological polar surface area (TPSA) is 72.2 Å². The lowest BCUT2D eigenvalue weighted by molar-refractivity contribution is 0.296. The van der Waals surface area contributed by atoms with Gasteiger partial charge in [-0.3, -0.25) is 0 Å². The predicted molar refractivity (Wildman–Crippen MR) is 83.6 cm³/mol. The van der Waals surface area contributed by atoms with Crippen LogP contribution in [0, 0.1) is 12.7 Å². The summed E-state index contributed by atoms with van der Waals surface area (Å²) in [6.45, 7) is 1.79. The average molecular weight is 337 g/mol. The molecule has 4 nitrogen and oxygen atoms in total. The molecule has 1 aliphatic carbocycles. The smallest absolute Gasteiger partial charge is 0.240 e. The molecule has 3 N–H and O–H groups in total. The van der Waals surface area contributed by atoms with Gasteiger partial charge in [-0.1, -0.05) is 25.3 Å². The van der Waals surface area contributed by atoms with E-state index in [0.717, 1.165) is 38.2 Å². The molecule has 0 heterocycles. The molecular weight excluding hydrogens is 315 g/mol. The van der Waals surface area contributed by atoms with Crippen molar-refractivity contribution in [2.45, 2.75) is 49.5 Å². The lowest BCUT2D eigenvalue weighted by Gasteiger charge is -2.33. The molecule has 0 saturated heterocycles. The Morgan fingerprint density at radius 1 is 1.29 bits per heavy atom. The molecule has 1 aliphatic rings. The molecule has 2 rings (SSSR count). The standard InChI is InChI=1S/C14H21FN2O2S.ClH/c1-11-5-6-12(9-13(11)15)20(18,19)17-10-14(16)7-3-2-4-8-14;/h5-6,9,17H,2-4,7-8,10,16H2,1H3;1H. The third-order valence-electron chi connectivity index (χ3n) is 3.92. The van der Waals surface area contributed by atoms with Crippen LogP contribution in [-0.4, -0.2) is 20.5 Å². The van der Waals surface area contributed by atoms with Gasteiger partial charge in [0.1, 0.15) is 5.82 Å². The summed E-state index contributed by atoms with van der Waals surface area (Å²) < 4.78 is 40.3. The van der Waals surface area contributed by atoms with Crippen molar-refractivity contribution in [2.75, 3.05) is 6.54 Å². The number of sulfonamides is 1. The van der Waals surface area contributed by atoms with Crippen LogP contribution in [0.15, 0.2) is 23.1 Å². The summed E-state index contributed by atoms with van der Waals surface area (Å²) in [4.78, 5) is -0.0555. The highest BCUT2D eigenvalue weighted by Crippen LogP contribution is 2.25. The van der Waals surface area contributed by atoms with Crippen LogP contribution in [0.1, 0.15) is 37.7 Å². The second-order valence-electron chi connectivity index (χ2n) is 5.66. The Morgan fingerprint density at radius 3 is 2.48 bits per heavy atom. The zero-order valence-corrected chi connectivity index (χ0v) is 13.7. The van der Waals surface area contributed by atoms with Crippen LogP contribution in [0.25, 0.3) is 0 Å². The molecule has 0 amide bonds. The highest BCUT2D eigenvalue weighted by molar-refractivity contribution is 7.89. The maximum atomic E-state index is 13.5. The first-order chi connectivity index (χ1) is 9.32. The number of nitrogens with one attached hydrogen (secondary N) is 1. The molecule has 120 valence electrons. The third-order valence-corrected chi connectivity index (χ3v) is 5.32. The van der Waals surface area contributed by atoms with Gasteiger partial charge in [0.25, 0.3) is 0 Å². The molecule has 0 aliphatic heterocycles. The fourth-order valence-corrected chi connectivity index (χ4v) is 3.65. The highest BCUT2D eigenvalue weighted by Gasteiger charge is 2.29. The van der Waals surface area contributed by atoms with Crippen molar-refractivity contribution >= 4 is 22.4 Å². The van der Waals surface area contributed by atoms with Gasteiger partial charge >= 0.3 is 0 Å². The van der Waals surface area contributed by atoms with Gasteiger partial charge in [-0.05, 0) is 37.5 Å². The molecule has 0 unspecified atom stereocenters. The minimum Gasteiger partial charge on any atom is -0.324 e. The monoisotopic (exact) mass is 336 g/mol. The number of halogens is 2. The van der Waals surface area contributed by atoms with E-state index < -0.39 is 21.4 Å². The van der Waals surface area contributed by atoms with E-state index in [1.807, 2.05) is 0 Å². The number of rotatable bonds is 4. The Balaban J connectivity index is 0.00000220. The van der Waals surface area contributed by atoms with Gasteiger partial charge in [-0.2, -0.15) is 0 Å². The van der Waals surface area contributed by atoms with Gasteiger partial charge in [0.2, 0.25) is 10.0 Å². The van der Waals surface area contributed by atoms with E-state index in [9.17, 15) is 12.8 Å². The Bertz CT molecular complexity index is 587. The van der Waals surface area contributed by atoms with E-state index in [1.165, 1.54) is 12.1 Å². The van der Waals surface area contributed by atoms with Gasteiger partial charge in [0.05, 0.1) is 4.90 Å². The molecule has 1 fully saturated rings. The summed E-state index contributed by atoms with van der Waals surface area (Å²) in [5.41, 5.74) is 6.14. The van der Waals surface area contributed by atoms with Gasteiger partial charge in [0.15, 0.2) is 0 Å². The molecule has 21 heavy (non-hydrogen) atoms. The quantitative estimate of drug-likeness (QED) is 0.887. The SMILES string of the molecule is Cc1ccc(S(=O)(=O)NCC2(N)CCCCC2)cc1F.Cl.